The van der Waals surface area contributed by atoms with Crippen molar-refractivity contribution in [3.8, 4) is 0 Å². The van der Waals surface area contributed by atoms with E-state index in [2.05, 4.69) is 4.99 Å². The molecule has 1 atom stereocenters. The van der Waals surface area contributed by atoms with Crippen molar-refractivity contribution < 1.29 is 4.52 Å². The fraction of sp³-hybridized carbons (Fsp3) is 0.750. The number of nitrogens with zero attached hydrogens (tertiary/aromatic N) is 1. The third kappa shape index (κ3) is 6.35. The molecule has 0 rings (SSSR count). The van der Waals surface area contributed by atoms with Crippen molar-refractivity contribution in [2.45, 2.75) is 6.42 Å². The number of aliphatic imine (C=N–C) groups is 1. The maximum absolute atomic E-state index is 5.24. The Morgan fingerprint density at radius 3 is 3.12 bits per heavy atom. The van der Waals surface area contributed by atoms with Gasteiger partial charge in [0.2, 0.25) is 0 Å². The van der Waals surface area contributed by atoms with Gasteiger partial charge >= 0.3 is 0 Å². The summed E-state index contributed by atoms with van der Waals surface area (Å²) in [6.07, 6.45) is 2.66. The lowest BCUT2D eigenvalue weighted by Gasteiger charge is -1.90. The predicted molar refractivity (Wildman–Crippen MR) is 39.2 cm³/mol. The van der Waals surface area contributed by atoms with Crippen molar-refractivity contribution in [3.63, 3.8) is 0 Å². The van der Waals surface area contributed by atoms with E-state index in [9.17, 15) is 0 Å². The molecule has 8 heavy (non-hydrogen) atoms. The second kappa shape index (κ2) is 7.35. The van der Waals surface area contributed by atoms with Gasteiger partial charge in [-0.25, -0.2) is 0 Å². The summed E-state index contributed by atoms with van der Waals surface area (Å²) < 4.78 is 4.84. The van der Waals surface area contributed by atoms with Crippen LogP contribution < -0.4 is 0 Å². The third-order valence-electron chi connectivity index (χ3n) is 0.586. The van der Waals surface area contributed by atoms with Gasteiger partial charge in [-0.3, -0.25) is 0 Å². The molecular formula is C4H9ClNOP. The van der Waals surface area contributed by atoms with Gasteiger partial charge in [-0.1, -0.05) is 11.2 Å². The van der Waals surface area contributed by atoms with Crippen molar-refractivity contribution in [3.05, 3.63) is 0 Å². The number of rotatable bonds is 4. The Bertz CT molecular complexity index is 69.1. The van der Waals surface area contributed by atoms with Crippen molar-refractivity contribution in [1.29, 1.82) is 0 Å². The van der Waals surface area contributed by atoms with Gasteiger partial charge in [-0.15, -0.1) is 0 Å². The molecule has 0 aliphatic carbocycles. The van der Waals surface area contributed by atoms with E-state index in [4.69, 9.17) is 15.8 Å². The van der Waals surface area contributed by atoms with Gasteiger partial charge in [0.15, 0.2) is 0 Å². The van der Waals surface area contributed by atoms with Crippen LogP contribution in [-0.2, 0) is 4.52 Å². The summed E-state index contributed by atoms with van der Waals surface area (Å²) in [4.78, 5) is 3.76. The fourth-order valence-corrected chi connectivity index (χ4v) is 0.706. The van der Waals surface area contributed by atoms with Crippen molar-refractivity contribution in [2.24, 2.45) is 4.99 Å². The molecule has 0 aliphatic rings. The van der Waals surface area contributed by atoms with Gasteiger partial charge < -0.3 is 9.52 Å². The SMILES string of the molecule is CN=CCCOPCl. The molecule has 48 valence electrons. The van der Waals surface area contributed by atoms with E-state index in [0.717, 1.165) is 6.42 Å². The molecule has 4 heteroatoms. The summed E-state index contributed by atoms with van der Waals surface area (Å²) in [6, 6.07) is 0. The summed E-state index contributed by atoms with van der Waals surface area (Å²) in [5, 5.41) is 0. The summed E-state index contributed by atoms with van der Waals surface area (Å²) in [7, 11) is 1.82. The van der Waals surface area contributed by atoms with Crippen molar-refractivity contribution in [1.82, 2.24) is 0 Å². The maximum Gasteiger partial charge on any atom is 0.110 e. The van der Waals surface area contributed by atoms with E-state index in [0.29, 0.717) is 6.61 Å². The first-order chi connectivity index (χ1) is 3.91. The van der Waals surface area contributed by atoms with Crippen LogP contribution in [0.1, 0.15) is 6.42 Å². The van der Waals surface area contributed by atoms with Gasteiger partial charge in [0.1, 0.15) is 8.16 Å². The Morgan fingerprint density at radius 1 is 1.88 bits per heavy atom. The lowest BCUT2D eigenvalue weighted by molar-refractivity contribution is 0.384. The first-order valence-corrected chi connectivity index (χ1v) is 4.22. The lowest BCUT2D eigenvalue weighted by atomic mass is 10.5. The van der Waals surface area contributed by atoms with Crippen LogP contribution in [0.25, 0.3) is 0 Å². The second-order valence-corrected chi connectivity index (χ2v) is 2.06. The summed E-state index contributed by atoms with van der Waals surface area (Å²) in [5.41, 5.74) is 0. The van der Waals surface area contributed by atoms with Gasteiger partial charge in [-0.05, 0) is 0 Å². The molecule has 0 aromatic heterocycles. The molecule has 0 fully saturated rings. The van der Waals surface area contributed by atoms with Crippen LogP contribution in [0.15, 0.2) is 4.99 Å². The van der Waals surface area contributed by atoms with E-state index in [-0.39, 0.29) is 8.16 Å². The van der Waals surface area contributed by atoms with Crippen LogP contribution >= 0.6 is 19.4 Å². The predicted octanol–water partition coefficient (Wildman–Crippen LogP) is 1.84. The Kier molecular flexibility index (Phi) is 7.67. The first-order valence-electron chi connectivity index (χ1n) is 2.30. The van der Waals surface area contributed by atoms with Crippen LogP contribution in [0.3, 0.4) is 0 Å². The molecule has 0 aromatic rings. The van der Waals surface area contributed by atoms with E-state index in [1.54, 1.807) is 13.3 Å². The van der Waals surface area contributed by atoms with Gasteiger partial charge in [0.25, 0.3) is 0 Å². The standard InChI is InChI=1S/C4H9ClNOP/c1-6-3-2-4-7-8-5/h3,8H,2,4H2,1H3. The molecule has 0 spiro atoms. The zero-order chi connectivity index (χ0) is 6.24. The summed E-state index contributed by atoms with van der Waals surface area (Å²) in [5.74, 6) is 0. The highest BCUT2D eigenvalue weighted by Gasteiger charge is 1.79. The fourth-order valence-electron chi connectivity index (χ4n) is 0.279. The maximum atomic E-state index is 5.24. The van der Waals surface area contributed by atoms with Gasteiger partial charge in [0.05, 0.1) is 6.61 Å². The largest absolute Gasteiger partial charge is 0.346 e. The molecule has 2 nitrogen and oxygen atoms in total. The lowest BCUT2D eigenvalue weighted by Crippen LogP contribution is -1.83. The molecule has 0 heterocycles. The van der Waals surface area contributed by atoms with Crippen LogP contribution in [0.5, 0.6) is 0 Å². The highest BCUT2D eigenvalue weighted by molar-refractivity contribution is 7.64. The van der Waals surface area contributed by atoms with E-state index >= 15 is 0 Å². The van der Waals surface area contributed by atoms with E-state index in [1.807, 2.05) is 0 Å². The average molecular weight is 154 g/mol. The second-order valence-electron chi connectivity index (χ2n) is 1.16. The Hall–Kier alpha value is 0.350. The van der Waals surface area contributed by atoms with Crippen LogP contribution in [0.4, 0.5) is 0 Å². The minimum Gasteiger partial charge on any atom is -0.346 e. The molecule has 0 N–H and O–H groups in total. The molecule has 0 saturated heterocycles. The molecule has 0 aliphatic heterocycles. The monoisotopic (exact) mass is 153 g/mol. The Balaban J connectivity index is 2.72. The zero-order valence-corrected chi connectivity index (χ0v) is 6.48. The van der Waals surface area contributed by atoms with Crippen LogP contribution in [-0.4, -0.2) is 19.9 Å². The minimum atomic E-state index is 0.0796. The highest BCUT2D eigenvalue weighted by Crippen LogP contribution is 2.16. The molecular weight excluding hydrogens is 144 g/mol. The molecule has 0 bridgehead atoms. The number of hydrogen-bond donors (Lipinski definition) is 0. The van der Waals surface area contributed by atoms with Gasteiger partial charge in [0, 0.05) is 19.7 Å². The van der Waals surface area contributed by atoms with E-state index in [1.165, 1.54) is 0 Å². The molecule has 0 aromatic carbocycles. The van der Waals surface area contributed by atoms with Gasteiger partial charge in [-0.2, -0.15) is 0 Å². The van der Waals surface area contributed by atoms with Crippen molar-refractivity contribution in [2.75, 3.05) is 13.7 Å². The molecule has 1 unspecified atom stereocenters. The normalized spacial score (nSPS) is 12.2. The number of halogens is 1. The first kappa shape index (κ1) is 8.35. The smallest absolute Gasteiger partial charge is 0.110 e. The number of hydrogen-bond acceptors (Lipinski definition) is 2. The topological polar surface area (TPSA) is 21.6 Å². The van der Waals surface area contributed by atoms with Crippen LogP contribution in [0, 0.1) is 0 Å². The minimum absolute atomic E-state index is 0.0796. The van der Waals surface area contributed by atoms with Crippen LogP contribution in [0.2, 0.25) is 0 Å². The molecule has 0 amide bonds. The average Bonchev–Trinajstić information content (AvgIpc) is 1.81. The summed E-state index contributed by atoms with van der Waals surface area (Å²) >= 11 is 5.24. The summed E-state index contributed by atoms with van der Waals surface area (Å²) in [6.45, 7) is 0.680. The molecule has 0 saturated carbocycles. The van der Waals surface area contributed by atoms with E-state index < -0.39 is 0 Å². The zero-order valence-electron chi connectivity index (χ0n) is 4.72. The quantitative estimate of drug-likeness (QED) is 0.343. The highest BCUT2D eigenvalue weighted by atomic mass is 35.7. The Morgan fingerprint density at radius 2 is 2.62 bits per heavy atom. The van der Waals surface area contributed by atoms with Crippen molar-refractivity contribution >= 4 is 25.6 Å². The third-order valence-corrected chi connectivity index (χ3v) is 1.23. The Labute approximate surface area is 55.9 Å². The molecule has 0 radical (unpaired) electrons.